The van der Waals surface area contributed by atoms with Gasteiger partial charge in [0.05, 0.1) is 14.2 Å². The number of fused-ring (bicyclic) bond motifs is 2. The zero-order valence-corrected chi connectivity index (χ0v) is 14.2. The second-order valence-electron chi connectivity index (χ2n) is 6.37. The molecule has 1 heterocycles. The van der Waals surface area contributed by atoms with E-state index in [-0.39, 0.29) is 0 Å². The quantitative estimate of drug-likeness (QED) is 0.840. The summed E-state index contributed by atoms with van der Waals surface area (Å²) >= 11 is 0. The minimum atomic E-state index is 0.474. The van der Waals surface area contributed by atoms with Crippen LogP contribution in [0.5, 0.6) is 11.5 Å². The molecule has 1 aliphatic heterocycles. The number of nitrogens with zero attached hydrogens (tertiary/aromatic N) is 1. The normalized spacial score (nSPS) is 21.7. The Labute approximate surface area is 137 Å². The van der Waals surface area contributed by atoms with E-state index in [0.717, 1.165) is 24.5 Å². The lowest BCUT2D eigenvalue weighted by Gasteiger charge is -2.32. The highest BCUT2D eigenvalue weighted by atomic mass is 16.5. The van der Waals surface area contributed by atoms with Crippen LogP contribution < -0.4 is 9.47 Å². The molecule has 3 nitrogen and oxygen atoms in total. The largest absolute Gasteiger partial charge is 0.493 e. The molecule has 0 saturated carbocycles. The maximum absolute atomic E-state index is 5.73. The summed E-state index contributed by atoms with van der Waals surface area (Å²) in [4.78, 5) is 2.60. The van der Waals surface area contributed by atoms with Gasteiger partial charge in [0, 0.05) is 17.6 Å². The van der Waals surface area contributed by atoms with Crippen LogP contribution in [0, 0.1) is 0 Å². The number of rotatable bonds is 3. The van der Waals surface area contributed by atoms with E-state index in [4.69, 9.17) is 9.47 Å². The molecule has 0 bridgehead atoms. The lowest BCUT2D eigenvalue weighted by atomic mass is 9.81. The number of likely N-dealkylation sites (N-methyl/N-ethyl adjacent to an activating group) is 1. The highest BCUT2D eigenvalue weighted by Gasteiger charge is 2.40. The minimum Gasteiger partial charge on any atom is -0.493 e. The first-order valence-electron chi connectivity index (χ1n) is 8.34. The van der Waals surface area contributed by atoms with Gasteiger partial charge in [-0.3, -0.25) is 4.90 Å². The van der Waals surface area contributed by atoms with Crippen LogP contribution >= 0.6 is 0 Å². The van der Waals surface area contributed by atoms with Gasteiger partial charge in [0.1, 0.15) is 0 Å². The molecule has 0 amide bonds. The van der Waals surface area contributed by atoms with Crippen molar-refractivity contribution >= 4 is 0 Å². The molecular formula is C20H23NO2. The first-order valence-corrected chi connectivity index (χ1v) is 8.34. The fourth-order valence-electron chi connectivity index (χ4n) is 4.51. The third-order valence-electron chi connectivity index (χ3n) is 5.50. The summed E-state index contributed by atoms with van der Waals surface area (Å²) in [5, 5.41) is 0. The van der Waals surface area contributed by atoms with E-state index in [1.165, 1.54) is 27.8 Å². The molecule has 2 aliphatic rings. The maximum atomic E-state index is 5.73. The second kappa shape index (κ2) is 5.27. The average molecular weight is 309 g/mol. The van der Waals surface area contributed by atoms with Crippen molar-refractivity contribution in [3.05, 3.63) is 47.0 Å². The fraction of sp³-hybridized carbons (Fsp3) is 0.400. The van der Waals surface area contributed by atoms with Crippen LogP contribution in [0.1, 0.15) is 42.6 Å². The van der Waals surface area contributed by atoms with E-state index in [9.17, 15) is 0 Å². The van der Waals surface area contributed by atoms with Crippen LogP contribution in [0.2, 0.25) is 0 Å². The summed E-state index contributed by atoms with van der Waals surface area (Å²) in [5.74, 6) is 1.67. The summed E-state index contributed by atoms with van der Waals surface area (Å²) in [6.45, 7) is 5.65. The summed E-state index contributed by atoms with van der Waals surface area (Å²) < 4.78 is 11.2. The van der Waals surface area contributed by atoms with Gasteiger partial charge in [0.15, 0.2) is 11.5 Å². The topological polar surface area (TPSA) is 21.7 Å². The molecule has 3 heteroatoms. The number of hydrogen-bond donors (Lipinski definition) is 0. The molecule has 4 rings (SSSR count). The zero-order chi connectivity index (χ0) is 16.1. The molecule has 0 fully saturated rings. The van der Waals surface area contributed by atoms with E-state index in [1.807, 2.05) is 6.07 Å². The monoisotopic (exact) mass is 309 g/mol. The van der Waals surface area contributed by atoms with Crippen molar-refractivity contribution in [2.45, 2.75) is 32.4 Å². The smallest absolute Gasteiger partial charge is 0.168 e. The maximum Gasteiger partial charge on any atom is 0.168 e. The Morgan fingerprint density at radius 3 is 2.65 bits per heavy atom. The van der Waals surface area contributed by atoms with Crippen LogP contribution in [-0.4, -0.2) is 25.7 Å². The summed E-state index contributed by atoms with van der Waals surface area (Å²) in [7, 11) is 3.43. The molecule has 0 radical (unpaired) electrons. The molecular weight excluding hydrogens is 286 g/mol. The summed E-state index contributed by atoms with van der Waals surface area (Å²) in [6, 6.07) is 11.9. The first kappa shape index (κ1) is 14.6. The number of hydrogen-bond acceptors (Lipinski definition) is 3. The highest BCUT2D eigenvalue weighted by Crippen LogP contribution is 2.54. The van der Waals surface area contributed by atoms with Crippen molar-refractivity contribution in [1.82, 2.24) is 4.90 Å². The Bertz CT molecular complexity index is 768. The van der Waals surface area contributed by atoms with Gasteiger partial charge >= 0.3 is 0 Å². The molecule has 23 heavy (non-hydrogen) atoms. The Morgan fingerprint density at radius 1 is 1.13 bits per heavy atom. The first-order chi connectivity index (χ1) is 11.2. The Hall–Kier alpha value is -2.00. The predicted octanol–water partition coefficient (Wildman–Crippen LogP) is 4.36. The number of methoxy groups -OCH3 is 2. The summed E-state index contributed by atoms with van der Waals surface area (Å²) in [5.41, 5.74) is 6.83. The molecule has 2 aromatic carbocycles. The average Bonchev–Trinajstić information content (AvgIpc) is 2.86. The van der Waals surface area contributed by atoms with Crippen molar-refractivity contribution < 1.29 is 9.47 Å². The third kappa shape index (κ3) is 1.86. The van der Waals surface area contributed by atoms with Crippen LogP contribution in [0.3, 0.4) is 0 Å². The Kier molecular flexibility index (Phi) is 3.34. The molecule has 0 N–H and O–H groups in total. The molecule has 2 atom stereocenters. The zero-order valence-electron chi connectivity index (χ0n) is 14.2. The van der Waals surface area contributed by atoms with Crippen molar-refractivity contribution in [3.8, 4) is 22.6 Å². The lowest BCUT2D eigenvalue weighted by molar-refractivity contribution is 0.180. The fourth-order valence-corrected chi connectivity index (χ4v) is 4.51. The van der Waals surface area contributed by atoms with E-state index in [1.54, 1.807) is 14.2 Å². The van der Waals surface area contributed by atoms with Crippen molar-refractivity contribution in [1.29, 1.82) is 0 Å². The molecule has 0 saturated heterocycles. The van der Waals surface area contributed by atoms with E-state index >= 15 is 0 Å². The van der Waals surface area contributed by atoms with Crippen LogP contribution in [0.15, 0.2) is 30.3 Å². The van der Waals surface area contributed by atoms with Crippen LogP contribution in [-0.2, 0) is 6.42 Å². The Morgan fingerprint density at radius 2 is 1.96 bits per heavy atom. The molecule has 120 valence electrons. The second-order valence-corrected chi connectivity index (χ2v) is 6.37. The molecule has 2 unspecified atom stereocenters. The van der Waals surface area contributed by atoms with Gasteiger partial charge in [-0.05, 0) is 48.2 Å². The van der Waals surface area contributed by atoms with Crippen molar-refractivity contribution in [3.63, 3.8) is 0 Å². The van der Waals surface area contributed by atoms with Gasteiger partial charge in [-0.25, -0.2) is 0 Å². The molecule has 0 spiro atoms. The summed E-state index contributed by atoms with van der Waals surface area (Å²) in [6.07, 6.45) is 1.04. The lowest BCUT2D eigenvalue weighted by Crippen LogP contribution is -2.27. The SMILES string of the molecule is CCN1C(C)c2cccc3c2C1Cc1ccc(OC)c(OC)c1-3. The Balaban J connectivity index is 2.00. The van der Waals surface area contributed by atoms with E-state index < -0.39 is 0 Å². The van der Waals surface area contributed by atoms with Crippen LogP contribution in [0.4, 0.5) is 0 Å². The number of ether oxygens (including phenoxy) is 2. The van der Waals surface area contributed by atoms with E-state index in [0.29, 0.717) is 12.1 Å². The third-order valence-corrected chi connectivity index (χ3v) is 5.50. The van der Waals surface area contributed by atoms with Crippen molar-refractivity contribution in [2.75, 3.05) is 20.8 Å². The van der Waals surface area contributed by atoms with Gasteiger partial charge in [0.2, 0.25) is 0 Å². The van der Waals surface area contributed by atoms with Gasteiger partial charge in [-0.1, -0.05) is 31.2 Å². The van der Waals surface area contributed by atoms with E-state index in [2.05, 4.69) is 43.0 Å². The minimum absolute atomic E-state index is 0.474. The standard InChI is InChI=1S/C20H23NO2/c1-5-21-12(2)14-7-6-8-15-18-13(11-16(21)19(14)15)9-10-17(22-3)20(18)23-4/h6-10,12,16H,5,11H2,1-4H3. The van der Waals surface area contributed by atoms with Gasteiger partial charge in [-0.15, -0.1) is 0 Å². The predicted molar refractivity (Wildman–Crippen MR) is 92.2 cm³/mol. The molecule has 1 aliphatic carbocycles. The highest BCUT2D eigenvalue weighted by molar-refractivity contribution is 5.83. The number of benzene rings is 2. The van der Waals surface area contributed by atoms with Gasteiger partial charge in [-0.2, -0.15) is 0 Å². The van der Waals surface area contributed by atoms with Gasteiger partial charge < -0.3 is 9.47 Å². The molecule has 0 aromatic heterocycles. The van der Waals surface area contributed by atoms with Crippen LogP contribution in [0.25, 0.3) is 11.1 Å². The van der Waals surface area contributed by atoms with Crippen molar-refractivity contribution in [2.24, 2.45) is 0 Å². The van der Waals surface area contributed by atoms with Gasteiger partial charge in [0.25, 0.3) is 0 Å². The molecule has 2 aromatic rings.